The summed E-state index contributed by atoms with van der Waals surface area (Å²) < 4.78 is 0. The molecule has 0 aromatic heterocycles. The summed E-state index contributed by atoms with van der Waals surface area (Å²) in [6.45, 7) is 0. The fourth-order valence-electron chi connectivity index (χ4n) is 0.665. The van der Waals surface area contributed by atoms with Crippen LogP contribution in [0.2, 0.25) is 0 Å². The normalized spacial score (nSPS) is 25.1. The van der Waals surface area contributed by atoms with Gasteiger partial charge in [0.1, 0.15) is 0 Å². The van der Waals surface area contributed by atoms with Crippen molar-refractivity contribution in [2.75, 3.05) is 0 Å². The Morgan fingerprint density at radius 1 is 1.11 bits per heavy atom. The van der Waals surface area contributed by atoms with Crippen LogP contribution in [-0.2, 0) is 9.59 Å². The van der Waals surface area contributed by atoms with Gasteiger partial charge in [-0.1, -0.05) is 0 Å². The van der Waals surface area contributed by atoms with Crippen molar-refractivity contribution in [1.29, 1.82) is 0 Å². The van der Waals surface area contributed by atoms with Crippen molar-refractivity contribution in [3.8, 4) is 0 Å². The highest BCUT2D eigenvalue weighted by Gasteiger charge is 2.49. The maximum atomic E-state index is 10.4. The molecule has 9 heavy (non-hydrogen) atoms. The minimum absolute atomic E-state index is 0.0775. The number of hydroxylamine groups is 4. The van der Waals surface area contributed by atoms with E-state index in [1.807, 2.05) is 0 Å². The molecule has 2 amide bonds. The molecule has 1 aliphatic heterocycles. The SMILES string of the molecule is O=C1CCC(=O)[N+]1(O)O. The smallest absolute Gasteiger partial charge is 0.223 e. The second-order valence-corrected chi connectivity index (χ2v) is 1.89. The molecule has 0 unspecified atom stereocenters. The third-order valence-electron chi connectivity index (χ3n) is 1.25. The molecule has 0 aliphatic carbocycles. The maximum Gasteiger partial charge on any atom is 0.387 e. The predicted molar refractivity (Wildman–Crippen MR) is 23.1 cm³/mol. The second kappa shape index (κ2) is 1.60. The van der Waals surface area contributed by atoms with E-state index in [1.54, 1.807) is 0 Å². The summed E-state index contributed by atoms with van der Waals surface area (Å²) in [5.41, 5.74) is 0. The van der Waals surface area contributed by atoms with Crippen LogP contribution >= 0.6 is 0 Å². The highest BCUT2D eigenvalue weighted by molar-refractivity contribution is 5.89. The molecule has 50 valence electrons. The Kier molecular flexibility index (Phi) is 1.13. The molecule has 1 rings (SSSR count). The van der Waals surface area contributed by atoms with Gasteiger partial charge in [-0.05, 0) is 0 Å². The summed E-state index contributed by atoms with van der Waals surface area (Å²) in [5, 5.41) is 17.1. The van der Waals surface area contributed by atoms with Gasteiger partial charge in [-0.2, -0.15) is 10.4 Å². The average Bonchev–Trinajstić information content (AvgIpc) is 1.96. The van der Waals surface area contributed by atoms with Gasteiger partial charge in [-0.25, -0.2) is 9.59 Å². The van der Waals surface area contributed by atoms with Crippen molar-refractivity contribution in [1.82, 2.24) is 0 Å². The van der Waals surface area contributed by atoms with Crippen molar-refractivity contribution in [3.05, 3.63) is 0 Å². The van der Waals surface area contributed by atoms with Crippen LogP contribution in [0.3, 0.4) is 0 Å². The van der Waals surface area contributed by atoms with Crippen molar-refractivity contribution >= 4 is 11.8 Å². The van der Waals surface area contributed by atoms with Crippen molar-refractivity contribution < 1.29 is 24.8 Å². The lowest BCUT2D eigenvalue weighted by atomic mass is 10.4. The van der Waals surface area contributed by atoms with Crippen LogP contribution in [0.5, 0.6) is 0 Å². The summed E-state index contributed by atoms with van der Waals surface area (Å²) in [7, 11) is 0. The van der Waals surface area contributed by atoms with Crippen molar-refractivity contribution in [3.63, 3.8) is 0 Å². The topological polar surface area (TPSA) is 74.6 Å². The lowest BCUT2D eigenvalue weighted by Crippen LogP contribution is -2.45. The third kappa shape index (κ3) is 0.748. The molecule has 0 atom stereocenters. The van der Waals surface area contributed by atoms with Gasteiger partial charge >= 0.3 is 11.8 Å². The highest BCUT2D eigenvalue weighted by atomic mass is 16.9. The van der Waals surface area contributed by atoms with Gasteiger partial charge in [0.05, 0.1) is 17.7 Å². The molecule has 5 heteroatoms. The van der Waals surface area contributed by atoms with E-state index >= 15 is 0 Å². The van der Waals surface area contributed by atoms with Crippen LogP contribution in [0.1, 0.15) is 12.8 Å². The number of hydrogen-bond donors (Lipinski definition) is 2. The van der Waals surface area contributed by atoms with Crippen LogP contribution in [0.15, 0.2) is 0 Å². The monoisotopic (exact) mass is 132 g/mol. The molecular weight excluding hydrogens is 126 g/mol. The molecule has 1 aliphatic rings. The number of nitrogens with zero attached hydrogens (tertiary/aromatic N) is 1. The first-order chi connectivity index (χ1) is 4.05. The van der Waals surface area contributed by atoms with Crippen LogP contribution in [0.25, 0.3) is 0 Å². The Morgan fingerprint density at radius 2 is 1.44 bits per heavy atom. The molecular formula is C4H6NO4+. The molecule has 0 aromatic carbocycles. The van der Waals surface area contributed by atoms with E-state index < -0.39 is 16.6 Å². The first-order valence-electron chi connectivity index (χ1n) is 2.46. The number of hydrogen-bond acceptors (Lipinski definition) is 4. The molecule has 0 spiro atoms. The van der Waals surface area contributed by atoms with E-state index in [1.165, 1.54) is 0 Å². The van der Waals surface area contributed by atoms with Crippen LogP contribution < -0.4 is 0 Å². The average molecular weight is 132 g/mol. The first-order valence-corrected chi connectivity index (χ1v) is 2.46. The molecule has 5 nitrogen and oxygen atoms in total. The Balaban J connectivity index is 2.91. The second-order valence-electron chi connectivity index (χ2n) is 1.89. The maximum absolute atomic E-state index is 10.4. The fourth-order valence-corrected chi connectivity index (χ4v) is 0.665. The third-order valence-corrected chi connectivity index (χ3v) is 1.25. The van der Waals surface area contributed by atoms with Gasteiger partial charge in [-0.3, -0.25) is 0 Å². The quantitative estimate of drug-likeness (QED) is 0.263. The van der Waals surface area contributed by atoms with E-state index in [2.05, 4.69) is 0 Å². The number of quaternary nitrogens is 1. The van der Waals surface area contributed by atoms with Crippen LogP contribution in [-0.4, -0.2) is 27.0 Å². The lowest BCUT2D eigenvalue weighted by Gasteiger charge is -2.06. The Bertz CT molecular complexity index is 155. The van der Waals surface area contributed by atoms with Crippen LogP contribution in [0.4, 0.5) is 0 Å². The van der Waals surface area contributed by atoms with Gasteiger partial charge in [0.15, 0.2) is 0 Å². The van der Waals surface area contributed by atoms with Gasteiger partial charge in [0, 0.05) is 0 Å². The minimum Gasteiger partial charge on any atom is -0.223 e. The van der Waals surface area contributed by atoms with E-state index in [-0.39, 0.29) is 12.8 Å². The Labute approximate surface area is 50.6 Å². The van der Waals surface area contributed by atoms with Crippen molar-refractivity contribution in [2.45, 2.75) is 12.8 Å². The summed E-state index contributed by atoms with van der Waals surface area (Å²) in [4.78, 5) is 18.7. The molecule has 1 saturated heterocycles. The molecule has 0 aromatic rings. The number of imide groups is 1. The molecule has 0 radical (unpaired) electrons. The highest BCUT2D eigenvalue weighted by Crippen LogP contribution is 2.15. The predicted octanol–water partition coefficient (Wildman–Crippen LogP) is -0.571. The zero-order valence-electron chi connectivity index (χ0n) is 4.57. The lowest BCUT2D eigenvalue weighted by molar-refractivity contribution is -1.13. The zero-order chi connectivity index (χ0) is 7.07. The molecule has 1 heterocycles. The summed E-state index contributed by atoms with van der Waals surface area (Å²) in [6.07, 6.45) is -0.155. The molecule has 0 saturated carbocycles. The summed E-state index contributed by atoms with van der Waals surface area (Å²) >= 11 is 0. The van der Waals surface area contributed by atoms with Gasteiger partial charge in [0.2, 0.25) is 0 Å². The van der Waals surface area contributed by atoms with E-state index in [0.717, 1.165) is 0 Å². The summed E-state index contributed by atoms with van der Waals surface area (Å²) in [5.74, 6) is -1.72. The standard InChI is InChI=1S/C4H6NO4/c6-3-1-2-4(7)5(3,8)9/h8-9H,1-2H2/q+1. The first kappa shape index (κ1) is 6.34. The van der Waals surface area contributed by atoms with Gasteiger partial charge in [0.25, 0.3) is 0 Å². The fraction of sp³-hybridized carbons (Fsp3) is 0.500. The Hall–Kier alpha value is -0.780. The number of carbonyl (C=O) groups is 2. The number of carbonyl (C=O) groups excluding carboxylic acids is 2. The van der Waals surface area contributed by atoms with E-state index in [4.69, 9.17) is 10.4 Å². The van der Waals surface area contributed by atoms with Crippen molar-refractivity contribution in [2.24, 2.45) is 0 Å². The number of amides is 2. The van der Waals surface area contributed by atoms with E-state index in [0.29, 0.717) is 0 Å². The zero-order valence-corrected chi connectivity index (χ0v) is 4.57. The van der Waals surface area contributed by atoms with Crippen LogP contribution in [0, 0.1) is 0 Å². The summed E-state index contributed by atoms with van der Waals surface area (Å²) in [6, 6.07) is 0. The number of rotatable bonds is 0. The van der Waals surface area contributed by atoms with Gasteiger partial charge in [-0.15, -0.1) is 0 Å². The largest absolute Gasteiger partial charge is 0.387 e. The Morgan fingerprint density at radius 3 is 1.56 bits per heavy atom. The van der Waals surface area contributed by atoms with E-state index in [9.17, 15) is 9.59 Å². The van der Waals surface area contributed by atoms with Gasteiger partial charge < -0.3 is 0 Å². The molecule has 1 fully saturated rings. The molecule has 0 bridgehead atoms. The minimum atomic E-state index is -2.06. The molecule has 2 N–H and O–H groups in total.